The molecule has 2 saturated heterocycles. The Kier molecular flexibility index (Phi) is 23.0. The van der Waals surface area contributed by atoms with Gasteiger partial charge in [0, 0.05) is 85.6 Å². The van der Waals surface area contributed by atoms with Gasteiger partial charge in [0.15, 0.2) is 0 Å². The topological polar surface area (TPSA) is 268 Å². The average Bonchev–Trinajstić information content (AvgIpc) is 1.87. The van der Waals surface area contributed by atoms with E-state index in [0.717, 1.165) is 22.3 Å². The van der Waals surface area contributed by atoms with E-state index in [9.17, 15) is 36.8 Å². The van der Waals surface area contributed by atoms with Crippen molar-refractivity contribution in [1.29, 1.82) is 5.26 Å². The van der Waals surface area contributed by atoms with Gasteiger partial charge in [-0.3, -0.25) is 9.80 Å². The summed E-state index contributed by atoms with van der Waals surface area (Å²) < 4.78 is 84.2. The first-order valence-corrected chi connectivity index (χ1v) is 32.6. The number of amides is 4. The number of likely N-dealkylation sites (tertiary alicyclic amines) is 2. The molecule has 0 radical (unpaired) electrons. The highest BCUT2D eigenvalue weighted by Gasteiger charge is 2.40. The summed E-state index contributed by atoms with van der Waals surface area (Å²) in [5.41, 5.74) is 5.25. The number of carbonyl (C=O) groups excluding carboxylic acids is 2. The number of fused-ring (bicyclic) bond motifs is 2. The third kappa shape index (κ3) is 17.6. The summed E-state index contributed by atoms with van der Waals surface area (Å²) in [6.45, 7) is 10.4. The van der Waals surface area contributed by atoms with Gasteiger partial charge in [-0.25, -0.2) is 35.9 Å². The maximum atomic E-state index is 13.5. The number of carbonyl (C=O) groups is 2. The van der Waals surface area contributed by atoms with Crippen molar-refractivity contribution in [1.82, 2.24) is 50.3 Å². The van der Waals surface area contributed by atoms with E-state index in [4.69, 9.17) is 42.1 Å². The number of nitrogens with one attached hydrogen (secondary N) is 6. The van der Waals surface area contributed by atoms with Gasteiger partial charge in [0.05, 0.1) is 59.9 Å². The van der Waals surface area contributed by atoms with Gasteiger partial charge in [-0.1, -0.05) is 23.2 Å². The van der Waals surface area contributed by atoms with E-state index in [2.05, 4.69) is 51.5 Å². The maximum absolute atomic E-state index is 13.5. The monoisotopic (exact) mass is 1250 g/mol. The molecule has 0 spiro atoms. The molecule has 0 saturated carbocycles. The summed E-state index contributed by atoms with van der Waals surface area (Å²) in [7, 11) is 0.210. The molecule has 4 aromatic rings. The maximum Gasteiger partial charge on any atom is 0.314 e. The van der Waals surface area contributed by atoms with E-state index in [1.807, 2.05) is 59.1 Å². The number of phenolic OH excluding ortho intramolecular Hbond substituents is 1. The summed E-state index contributed by atoms with van der Waals surface area (Å²) in [6.07, 6.45) is 3.06. The lowest BCUT2D eigenvalue weighted by atomic mass is 10.0. The lowest BCUT2D eigenvalue weighted by Gasteiger charge is -2.28. The molecule has 2 heterocycles. The Bertz CT molecular complexity index is 3260. The molecule has 6 atom stereocenters. The number of benzene rings is 4. The number of sulfonamides is 2. The molecule has 0 bridgehead atoms. The number of nitriles is 1. The number of aryl methyl sites for hydroxylation is 2. The van der Waals surface area contributed by atoms with E-state index < -0.39 is 32.3 Å². The Labute approximate surface area is 510 Å². The first-order valence-electron chi connectivity index (χ1n) is 28.9. The normalized spacial score (nSPS) is 20.6. The van der Waals surface area contributed by atoms with Gasteiger partial charge in [0.1, 0.15) is 29.5 Å². The van der Waals surface area contributed by atoms with Crippen LogP contribution in [0.4, 0.5) is 9.59 Å². The number of phenols is 1. The van der Waals surface area contributed by atoms with Crippen LogP contribution in [0.3, 0.4) is 0 Å². The van der Waals surface area contributed by atoms with Crippen LogP contribution in [0.15, 0.2) is 70.5 Å². The van der Waals surface area contributed by atoms with Crippen molar-refractivity contribution in [3.8, 4) is 23.3 Å². The summed E-state index contributed by atoms with van der Waals surface area (Å²) in [5.74, 6) is 1.24. The van der Waals surface area contributed by atoms with Gasteiger partial charge in [0.25, 0.3) is 0 Å². The number of aromatic hydroxyl groups is 1. The van der Waals surface area contributed by atoms with E-state index >= 15 is 0 Å². The third-order valence-electron chi connectivity index (χ3n) is 16.0. The molecule has 4 aliphatic rings. The third-order valence-corrected chi connectivity index (χ3v) is 19.5. The van der Waals surface area contributed by atoms with Crippen molar-refractivity contribution >= 4 is 55.3 Å². The van der Waals surface area contributed by atoms with E-state index in [-0.39, 0.29) is 51.8 Å². The summed E-state index contributed by atoms with van der Waals surface area (Å²) in [6, 6.07) is 17.6. The first-order chi connectivity index (χ1) is 40.6. The van der Waals surface area contributed by atoms with E-state index in [0.29, 0.717) is 169 Å². The summed E-state index contributed by atoms with van der Waals surface area (Å²) >= 11 is 12.7. The van der Waals surface area contributed by atoms with E-state index in [1.165, 1.54) is 6.07 Å². The number of rotatable bonds is 29. The molecule has 4 amide bonds. The molecule has 2 aliphatic carbocycles. The minimum Gasteiger partial charge on any atom is -0.508 e. The van der Waals surface area contributed by atoms with Crippen molar-refractivity contribution in [3.05, 3.63) is 110 Å². The van der Waals surface area contributed by atoms with Crippen molar-refractivity contribution in [2.45, 2.75) is 98.5 Å². The molecular weight excluding hydrogens is 1170 g/mol. The molecule has 0 unspecified atom stereocenters. The standard InChI is InChI=1S/C59H81Cl2N11O11S2/c1-38-27-45(9-11-54(38)82-56-49-30-41(60)29-40(35-62)47(49)33-51(56)69(3)4)84(76,77)67-43-13-19-71(36-43)21-25-80-23-17-65-58(74)63-15-7-8-16-64-59(75)66-18-24-81-26-22-72-20-14-44(37-72)68-85(78,79)46-10-12-55(39(2)28-46)83-57-50-31-42(61)32-53(73)48(50)34-52(57)70(5)6/h9-12,27-32,43-44,51-52,56-57,67-68,73H,7-8,13-26,33-34,36-37H2,1-6H3,(H2,63,65,74)(H2,64,66,75)/t43-,44-,51-,52-,56-,57-/m0/s1. The van der Waals surface area contributed by atoms with Crippen LogP contribution in [0, 0.1) is 25.2 Å². The van der Waals surface area contributed by atoms with Crippen molar-refractivity contribution < 1.29 is 50.5 Å². The number of ether oxygens (including phenoxy) is 4. The molecule has 22 nitrogen and oxygen atoms in total. The molecule has 2 fully saturated rings. The van der Waals surface area contributed by atoms with Gasteiger partial charge in [-0.2, -0.15) is 5.26 Å². The molecule has 2 aliphatic heterocycles. The highest BCUT2D eigenvalue weighted by atomic mass is 35.5. The predicted molar refractivity (Wildman–Crippen MR) is 325 cm³/mol. The van der Waals surface area contributed by atoms with Crippen LogP contribution in [0.1, 0.15) is 76.8 Å². The van der Waals surface area contributed by atoms with Crippen LogP contribution >= 0.6 is 23.2 Å². The second-order valence-corrected chi connectivity index (χ2v) is 26.9. The first kappa shape index (κ1) is 65.4. The number of likely N-dealkylation sites (N-methyl/N-ethyl adjacent to an activating group) is 2. The fourth-order valence-electron chi connectivity index (χ4n) is 11.4. The Balaban J connectivity index is 0.610. The fraction of sp³-hybridized carbons (Fsp3) is 0.542. The smallest absolute Gasteiger partial charge is 0.314 e. The number of halogens is 2. The SMILES string of the molecule is Cc1cc(S(=O)(=O)N[C@H]2CCN(CCOCCNC(=O)NCCCCNC(=O)NCCOCCN3CC[C@H](NS(=O)(=O)c4ccc(O[C@H]5c6cc(Cl)cc(C#N)c6C[C@@H]5N(C)C)c(C)c4)C3)C2)ccc1O[C@H]1c2cc(Cl)cc(O)c2C[C@@H]1N(C)C. The van der Waals surface area contributed by atoms with Crippen molar-refractivity contribution in [2.24, 2.45) is 0 Å². The molecular formula is C59H81Cl2N11O11S2. The van der Waals surface area contributed by atoms with Crippen LogP contribution in [0.2, 0.25) is 10.0 Å². The molecule has 8 rings (SSSR count). The van der Waals surface area contributed by atoms with Crippen LogP contribution in [0.25, 0.3) is 0 Å². The minimum atomic E-state index is -3.81. The Morgan fingerprint density at radius 1 is 0.635 bits per heavy atom. The second kappa shape index (κ2) is 29.9. The van der Waals surface area contributed by atoms with Gasteiger partial charge >= 0.3 is 12.1 Å². The van der Waals surface area contributed by atoms with Crippen LogP contribution in [-0.2, 0) is 42.4 Å². The number of urea groups is 2. The summed E-state index contributed by atoms with van der Waals surface area (Å²) in [5, 5.41) is 32.4. The lowest BCUT2D eigenvalue weighted by Crippen LogP contribution is -2.39. The largest absolute Gasteiger partial charge is 0.508 e. The van der Waals surface area contributed by atoms with Gasteiger partial charge in [0.2, 0.25) is 20.0 Å². The van der Waals surface area contributed by atoms with Gasteiger partial charge in [-0.05, 0) is 177 Å². The molecule has 7 N–H and O–H groups in total. The van der Waals surface area contributed by atoms with Crippen LogP contribution < -0.4 is 40.2 Å². The molecule has 0 aromatic heterocycles. The van der Waals surface area contributed by atoms with E-state index in [1.54, 1.807) is 42.5 Å². The minimum absolute atomic E-state index is 0.0427. The Morgan fingerprint density at radius 2 is 1.07 bits per heavy atom. The Hall–Kier alpha value is -5.53. The number of unbranched alkanes of at least 4 members (excludes halogenated alkanes) is 1. The molecule has 26 heteroatoms. The number of nitrogens with zero attached hydrogens (tertiary/aromatic N) is 5. The number of hydrogen-bond donors (Lipinski definition) is 7. The second-order valence-electron chi connectivity index (χ2n) is 22.6. The highest BCUT2D eigenvalue weighted by Crippen LogP contribution is 2.44. The quantitative estimate of drug-likeness (QED) is 0.0344. The zero-order valence-electron chi connectivity index (χ0n) is 49.2. The molecule has 464 valence electrons. The average molecular weight is 1260 g/mol. The van der Waals surface area contributed by atoms with Crippen LogP contribution in [0.5, 0.6) is 17.2 Å². The van der Waals surface area contributed by atoms with Gasteiger partial charge < -0.3 is 55.1 Å². The van der Waals surface area contributed by atoms with Gasteiger partial charge in [-0.15, -0.1) is 0 Å². The lowest BCUT2D eigenvalue weighted by molar-refractivity contribution is 0.110. The van der Waals surface area contributed by atoms with Crippen LogP contribution in [-0.4, -0.2) is 198 Å². The zero-order valence-corrected chi connectivity index (χ0v) is 52.4. The number of hydrogen-bond acceptors (Lipinski definition) is 16. The van der Waals surface area contributed by atoms with Crippen molar-refractivity contribution in [2.75, 3.05) is 120 Å². The van der Waals surface area contributed by atoms with Crippen molar-refractivity contribution in [3.63, 3.8) is 0 Å². The predicted octanol–water partition coefficient (Wildman–Crippen LogP) is 5.22. The highest BCUT2D eigenvalue weighted by molar-refractivity contribution is 7.89. The fourth-order valence-corrected chi connectivity index (χ4v) is 14.5. The Morgan fingerprint density at radius 3 is 1.52 bits per heavy atom. The summed E-state index contributed by atoms with van der Waals surface area (Å²) in [4.78, 5) is 33.3. The zero-order chi connectivity index (χ0) is 61.0. The molecule has 4 aromatic carbocycles. The molecule has 85 heavy (non-hydrogen) atoms.